The number of hydrogen-bond acceptors (Lipinski definition) is 3. The summed E-state index contributed by atoms with van der Waals surface area (Å²) < 4.78 is 42.4. The molecule has 0 bridgehead atoms. The molecule has 0 saturated heterocycles. The zero-order valence-corrected chi connectivity index (χ0v) is 22.6. The van der Waals surface area contributed by atoms with E-state index in [0.717, 1.165) is 11.1 Å². The maximum Gasteiger partial charge on any atom is 0.272 e. The van der Waals surface area contributed by atoms with Crippen molar-refractivity contribution in [2.45, 2.75) is 31.1 Å². The van der Waals surface area contributed by atoms with Crippen LogP contribution >= 0.6 is 0 Å². The van der Waals surface area contributed by atoms with Crippen LogP contribution in [0.3, 0.4) is 0 Å². The van der Waals surface area contributed by atoms with Crippen LogP contribution in [0.4, 0.5) is 15.8 Å². The first-order chi connectivity index (χ1) is 18.5. The lowest BCUT2D eigenvalue weighted by molar-refractivity contribution is 0.102. The van der Waals surface area contributed by atoms with Crippen LogP contribution in [0.25, 0.3) is 22.0 Å². The minimum absolute atomic E-state index is 0.0937. The predicted octanol–water partition coefficient (Wildman–Crippen LogP) is 7.32. The Morgan fingerprint density at radius 2 is 1.46 bits per heavy atom. The molecule has 0 aliphatic carbocycles. The van der Waals surface area contributed by atoms with E-state index in [1.807, 2.05) is 42.5 Å². The number of hydrogen-bond donors (Lipinski definition) is 3. The summed E-state index contributed by atoms with van der Waals surface area (Å²) in [5.74, 6) is -0.804. The molecule has 0 spiro atoms. The quantitative estimate of drug-likeness (QED) is 0.210. The Labute approximate surface area is 227 Å². The van der Waals surface area contributed by atoms with Gasteiger partial charge in [-0.1, -0.05) is 63.2 Å². The fourth-order valence-corrected chi connectivity index (χ4v) is 5.45. The second-order valence-electron chi connectivity index (χ2n) is 10.3. The van der Waals surface area contributed by atoms with Gasteiger partial charge in [0.05, 0.1) is 4.90 Å². The van der Waals surface area contributed by atoms with Crippen molar-refractivity contribution < 1.29 is 17.6 Å². The Hall–Kier alpha value is -4.43. The lowest BCUT2D eigenvalue weighted by atomic mass is 9.87. The van der Waals surface area contributed by atoms with Gasteiger partial charge in [0.15, 0.2) is 0 Å². The number of carbonyl (C=O) groups is 1. The van der Waals surface area contributed by atoms with Crippen LogP contribution in [0, 0.1) is 5.82 Å². The molecule has 5 rings (SSSR count). The van der Waals surface area contributed by atoms with Gasteiger partial charge in [-0.05, 0) is 71.1 Å². The summed E-state index contributed by atoms with van der Waals surface area (Å²) in [4.78, 5) is 16.6. The molecule has 0 saturated carbocycles. The lowest BCUT2D eigenvalue weighted by Crippen LogP contribution is -2.14. The number of rotatable bonds is 6. The van der Waals surface area contributed by atoms with Crippen LogP contribution in [-0.2, 0) is 15.4 Å². The van der Waals surface area contributed by atoms with E-state index in [1.165, 1.54) is 24.3 Å². The number of anilines is 2. The zero-order chi connectivity index (χ0) is 27.8. The highest BCUT2D eigenvalue weighted by molar-refractivity contribution is 7.92. The SMILES string of the molecule is CC(C)(C)c1ccc(S(=O)(=O)Nc2ccc3[nH]c(C(=O)Nc4ccc(F)cc4)c(-c4ccccc4)c3c2)cc1. The van der Waals surface area contributed by atoms with Gasteiger partial charge in [-0.3, -0.25) is 9.52 Å². The van der Waals surface area contributed by atoms with Crippen molar-refractivity contribution in [3.8, 4) is 11.1 Å². The molecule has 0 aliphatic rings. The van der Waals surface area contributed by atoms with Gasteiger partial charge >= 0.3 is 0 Å². The number of halogens is 1. The molecule has 0 atom stereocenters. The van der Waals surface area contributed by atoms with Crippen LogP contribution in [-0.4, -0.2) is 19.3 Å². The van der Waals surface area contributed by atoms with Crippen molar-refractivity contribution in [3.05, 3.63) is 114 Å². The maximum atomic E-state index is 13.3. The van der Waals surface area contributed by atoms with Gasteiger partial charge in [-0.15, -0.1) is 0 Å². The van der Waals surface area contributed by atoms with Crippen molar-refractivity contribution >= 4 is 38.2 Å². The first kappa shape index (κ1) is 26.2. The summed E-state index contributed by atoms with van der Waals surface area (Å²) >= 11 is 0. The average molecular weight is 542 g/mol. The summed E-state index contributed by atoms with van der Waals surface area (Å²) in [6, 6.07) is 26.8. The van der Waals surface area contributed by atoms with Crippen molar-refractivity contribution in [2.24, 2.45) is 0 Å². The zero-order valence-electron chi connectivity index (χ0n) is 21.7. The predicted molar refractivity (Wildman–Crippen MR) is 154 cm³/mol. The van der Waals surface area contributed by atoms with E-state index < -0.39 is 21.7 Å². The number of amides is 1. The van der Waals surface area contributed by atoms with Crippen LogP contribution in [0.15, 0.2) is 102 Å². The third-order valence-corrected chi connectivity index (χ3v) is 7.87. The number of carbonyl (C=O) groups excluding carboxylic acids is 1. The van der Waals surface area contributed by atoms with Crippen LogP contribution in [0.2, 0.25) is 0 Å². The van der Waals surface area contributed by atoms with Crippen LogP contribution < -0.4 is 10.0 Å². The lowest BCUT2D eigenvalue weighted by Gasteiger charge is -2.19. The highest BCUT2D eigenvalue weighted by atomic mass is 32.2. The molecule has 39 heavy (non-hydrogen) atoms. The van der Waals surface area contributed by atoms with Gasteiger partial charge in [0, 0.05) is 27.8 Å². The van der Waals surface area contributed by atoms with Crippen molar-refractivity contribution in [1.82, 2.24) is 4.98 Å². The minimum Gasteiger partial charge on any atom is -0.350 e. The molecule has 5 aromatic rings. The normalized spacial score (nSPS) is 11.9. The largest absolute Gasteiger partial charge is 0.350 e. The highest BCUT2D eigenvalue weighted by Crippen LogP contribution is 2.35. The van der Waals surface area contributed by atoms with Gasteiger partial charge in [0.1, 0.15) is 11.5 Å². The summed E-state index contributed by atoms with van der Waals surface area (Å²) in [6.45, 7) is 6.21. The number of H-pyrrole nitrogens is 1. The fraction of sp³-hybridized carbons (Fsp3) is 0.129. The maximum absolute atomic E-state index is 13.3. The van der Waals surface area contributed by atoms with E-state index in [9.17, 15) is 17.6 Å². The number of benzene rings is 4. The van der Waals surface area contributed by atoms with Gasteiger partial charge in [0.25, 0.3) is 15.9 Å². The molecule has 0 radical (unpaired) electrons. The smallest absolute Gasteiger partial charge is 0.272 e. The van der Waals surface area contributed by atoms with Gasteiger partial charge in [-0.2, -0.15) is 0 Å². The molecular formula is C31H28FN3O3S. The number of aromatic nitrogens is 1. The third kappa shape index (κ3) is 5.56. The monoisotopic (exact) mass is 541 g/mol. The van der Waals surface area contributed by atoms with E-state index in [1.54, 1.807) is 30.3 Å². The molecular weight excluding hydrogens is 513 g/mol. The minimum atomic E-state index is -3.85. The van der Waals surface area contributed by atoms with Crippen molar-refractivity contribution in [3.63, 3.8) is 0 Å². The van der Waals surface area contributed by atoms with Crippen molar-refractivity contribution in [1.29, 1.82) is 0 Å². The number of sulfonamides is 1. The second kappa shape index (κ2) is 10.0. The molecule has 1 heterocycles. The Morgan fingerprint density at radius 3 is 2.10 bits per heavy atom. The average Bonchev–Trinajstić information content (AvgIpc) is 3.29. The number of fused-ring (bicyclic) bond motifs is 1. The first-order valence-corrected chi connectivity index (χ1v) is 13.9. The van der Waals surface area contributed by atoms with E-state index in [-0.39, 0.29) is 10.3 Å². The second-order valence-corrected chi connectivity index (χ2v) is 12.0. The molecule has 0 unspecified atom stereocenters. The van der Waals surface area contributed by atoms with Crippen molar-refractivity contribution in [2.75, 3.05) is 10.0 Å². The van der Waals surface area contributed by atoms with Gasteiger partial charge < -0.3 is 10.3 Å². The Balaban J connectivity index is 1.53. The topological polar surface area (TPSA) is 91.1 Å². The Bertz CT molecular complexity index is 1750. The molecule has 6 nitrogen and oxygen atoms in total. The third-order valence-electron chi connectivity index (χ3n) is 6.47. The molecule has 0 aliphatic heterocycles. The summed E-state index contributed by atoms with van der Waals surface area (Å²) in [6.07, 6.45) is 0. The molecule has 4 aromatic carbocycles. The molecule has 1 aromatic heterocycles. The van der Waals surface area contributed by atoms with E-state index in [4.69, 9.17) is 0 Å². The fourth-order valence-electron chi connectivity index (χ4n) is 4.41. The highest BCUT2D eigenvalue weighted by Gasteiger charge is 2.22. The molecule has 0 fully saturated rings. The Morgan fingerprint density at radius 1 is 0.821 bits per heavy atom. The molecule has 198 valence electrons. The van der Waals surface area contributed by atoms with E-state index in [0.29, 0.717) is 33.5 Å². The van der Waals surface area contributed by atoms with E-state index >= 15 is 0 Å². The molecule has 8 heteroatoms. The van der Waals surface area contributed by atoms with Gasteiger partial charge in [0.2, 0.25) is 0 Å². The van der Waals surface area contributed by atoms with Gasteiger partial charge in [-0.25, -0.2) is 12.8 Å². The summed E-state index contributed by atoms with van der Waals surface area (Å²) in [5.41, 5.74) is 4.13. The first-order valence-electron chi connectivity index (χ1n) is 12.4. The molecule has 3 N–H and O–H groups in total. The number of aromatic amines is 1. The van der Waals surface area contributed by atoms with Crippen LogP contribution in [0.1, 0.15) is 36.8 Å². The number of nitrogens with one attached hydrogen (secondary N) is 3. The standard InChI is InChI=1S/C31H28FN3O3S/c1-31(2,3)21-9-16-25(17-10-21)39(37,38)35-24-15-18-27-26(19-24)28(20-7-5-4-6-8-20)29(34-27)30(36)33-23-13-11-22(32)12-14-23/h4-19,34-35H,1-3H3,(H,33,36). The van der Waals surface area contributed by atoms with E-state index in [2.05, 4.69) is 35.8 Å². The summed E-state index contributed by atoms with van der Waals surface area (Å²) in [5, 5.41) is 3.47. The van der Waals surface area contributed by atoms with Crippen LogP contribution in [0.5, 0.6) is 0 Å². The summed E-state index contributed by atoms with van der Waals surface area (Å²) in [7, 11) is -3.85. The Kier molecular flexibility index (Phi) is 6.74. The molecule has 1 amide bonds.